The van der Waals surface area contributed by atoms with Gasteiger partial charge in [-0.25, -0.2) is 15.0 Å². The zero-order valence-corrected chi connectivity index (χ0v) is 15.1. The third-order valence-electron chi connectivity index (χ3n) is 4.40. The van der Waals surface area contributed by atoms with Crippen LogP contribution in [0.4, 0.5) is 5.82 Å². The lowest BCUT2D eigenvalue weighted by Gasteiger charge is -2.14. The summed E-state index contributed by atoms with van der Waals surface area (Å²) in [4.78, 5) is 32.4. The van der Waals surface area contributed by atoms with E-state index < -0.39 is 0 Å². The molecule has 2 N–H and O–H groups in total. The highest BCUT2D eigenvalue weighted by molar-refractivity contribution is 8.00. The van der Waals surface area contributed by atoms with Crippen molar-refractivity contribution in [2.45, 2.75) is 12.2 Å². The maximum Gasteiger partial charge on any atom is 0.235 e. The molecule has 0 saturated carbocycles. The summed E-state index contributed by atoms with van der Waals surface area (Å²) in [6, 6.07) is 3.91. The van der Waals surface area contributed by atoms with E-state index in [0.29, 0.717) is 28.6 Å². The standard InChI is InChI=1S/C17H14N8OS/c1-9-12-14(10-3-2-4-18-5-10)27-6-11(26)23-16(12)25(24-9)17-13-15(20-7-19-13)21-8-22-17/h2-5,7-8,14H,6H2,1H3,(H,23,26)(H,19,20,21,22)/t14-/m1/s1. The molecule has 5 rings (SSSR count). The number of rotatable bonds is 2. The number of aryl methyl sites for hydroxylation is 1. The van der Waals surface area contributed by atoms with Crippen LogP contribution in [0.2, 0.25) is 0 Å². The van der Waals surface area contributed by atoms with Gasteiger partial charge >= 0.3 is 0 Å². The predicted octanol–water partition coefficient (Wildman–Crippen LogP) is 2.02. The van der Waals surface area contributed by atoms with Crippen molar-refractivity contribution in [2.24, 2.45) is 0 Å². The number of nitrogens with one attached hydrogen (secondary N) is 2. The summed E-state index contributed by atoms with van der Waals surface area (Å²) in [6.07, 6.45) is 6.56. The number of H-pyrrole nitrogens is 1. The third kappa shape index (κ3) is 2.56. The molecule has 1 amide bonds. The van der Waals surface area contributed by atoms with Crippen LogP contribution in [-0.4, -0.2) is 46.4 Å². The molecule has 1 atom stereocenters. The van der Waals surface area contributed by atoms with Crippen LogP contribution in [0.25, 0.3) is 17.0 Å². The van der Waals surface area contributed by atoms with E-state index in [1.54, 1.807) is 29.0 Å². The van der Waals surface area contributed by atoms with Gasteiger partial charge in [0.15, 0.2) is 11.5 Å². The van der Waals surface area contributed by atoms with Crippen LogP contribution in [0.1, 0.15) is 22.1 Å². The van der Waals surface area contributed by atoms with Crippen LogP contribution in [0.15, 0.2) is 37.2 Å². The molecule has 0 aliphatic carbocycles. The fourth-order valence-electron chi connectivity index (χ4n) is 3.24. The van der Waals surface area contributed by atoms with Gasteiger partial charge in [-0.15, -0.1) is 11.8 Å². The quantitative estimate of drug-likeness (QED) is 0.548. The first-order chi connectivity index (χ1) is 13.2. The third-order valence-corrected chi connectivity index (χ3v) is 5.67. The zero-order valence-electron chi connectivity index (χ0n) is 14.2. The first-order valence-corrected chi connectivity index (χ1v) is 9.32. The van der Waals surface area contributed by atoms with E-state index in [1.807, 2.05) is 25.3 Å². The van der Waals surface area contributed by atoms with Crippen LogP contribution >= 0.6 is 11.8 Å². The highest BCUT2D eigenvalue weighted by Gasteiger charge is 2.31. The second kappa shape index (κ2) is 6.16. The number of pyridine rings is 1. The number of hydrogen-bond donors (Lipinski definition) is 2. The Morgan fingerprint density at radius 3 is 3.07 bits per heavy atom. The van der Waals surface area contributed by atoms with Gasteiger partial charge < -0.3 is 10.3 Å². The van der Waals surface area contributed by atoms with E-state index in [1.165, 1.54) is 6.33 Å². The highest BCUT2D eigenvalue weighted by atomic mass is 32.2. The summed E-state index contributed by atoms with van der Waals surface area (Å²) in [5.74, 6) is 1.42. The number of nitrogens with zero attached hydrogens (tertiary/aromatic N) is 6. The number of aromatic nitrogens is 7. The van der Waals surface area contributed by atoms with Crippen molar-refractivity contribution in [3.63, 3.8) is 0 Å². The molecule has 134 valence electrons. The molecule has 27 heavy (non-hydrogen) atoms. The van der Waals surface area contributed by atoms with E-state index in [2.05, 4.69) is 35.3 Å². The van der Waals surface area contributed by atoms with Crippen LogP contribution < -0.4 is 5.32 Å². The number of aromatic amines is 1. The van der Waals surface area contributed by atoms with Gasteiger partial charge in [0.2, 0.25) is 5.91 Å². The molecule has 0 spiro atoms. The van der Waals surface area contributed by atoms with Crippen molar-refractivity contribution < 1.29 is 4.79 Å². The number of imidazole rings is 1. The molecule has 10 heteroatoms. The van der Waals surface area contributed by atoms with Gasteiger partial charge in [0.25, 0.3) is 0 Å². The lowest BCUT2D eigenvalue weighted by molar-refractivity contribution is -0.113. The number of carbonyl (C=O) groups excluding carboxylic acids is 1. The Morgan fingerprint density at radius 1 is 1.30 bits per heavy atom. The Bertz CT molecular complexity index is 1150. The molecular formula is C17H14N8OS. The van der Waals surface area contributed by atoms with Crippen molar-refractivity contribution in [3.8, 4) is 5.82 Å². The maximum atomic E-state index is 12.4. The number of hydrogen-bond acceptors (Lipinski definition) is 7. The number of fused-ring (bicyclic) bond motifs is 2. The molecule has 0 saturated heterocycles. The Hall–Kier alpha value is -3.27. The van der Waals surface area contributed by atoms with E-state index in [-0.39, 0.29) is 11.2 Å². The van der Waals surface area contributed by atoms with Crippen molar-refractivity contribution in [2.75, 3.05) is 11.1 Å². The van der Waals surface area contributed by atoms with E-state index >= 15 is 0 Å². The summed E-state index contributed by atoms with van der Waals surface area (Å²) in [5.41, 5.74) is 3.99. The van der Waals surface area contributed by atoms with Crippen molar-refractivity contribution in [1.82, 2.24) is 34.7 Å². The molecule has 0 aromatic carbocycles. The number of carbonyl (C=O) groups is 1. The Kier molecular flexibility index (Phi) is 3.64. The summed E-state index contributed by atoms with van der Waals surface area (Å²) < 4.78 is 1.65. The number of anilines is 1. The Balaban J connectivity index is 1.75. The summed E-state index contributed by atoms with van der Waals surface area (Å²) >= 11 is 1.56. The topological polar surface area (TPSA) is 114 Å². The lowest BCUT2D eigenvalue weighted by atomic mass is 10.1. The summed E-state index contributed by atoms with van der Waals surface area (Å²) in [5, 5.41) is 7.61. The first kappa shape index (κ1) is 15.9. The van der Waals surface area contributed by atoms with E-state index in [9.17, 15) is 4.79 Å². The van der Waals surface area contributed by atoms with Gasteiger partial charge in [0, 0.05) is 18.0 Å². The molecular weight excluding hydrogens is 364 g/mol. The molecule has 0 fully saturated rings. The summed E-state index contributed by atoms with van der Waals surface area (Å²) in [7, 11) is 0. The average Bonchev–Trinajstić information content (AvgIpc) is 3.23. The van der Waals surface area contributed by atoms with Crippen LogP contribution in [0.5, 0.6) is 0 Å². The minimum absolute atomic E-state index is 0.0551. The molecule has 1 aliphatic heterocycles. The monoisotopic (exact) mass is 378 g/mol. The second-order valence-corrected chi connectivity index (χ2v) is 7.18. The first-order valence-electron chi connectivity index (χ1n) is 8.27. The maximum absolute atomic E-state index is 12.4. The van der Waals surface area contributed by atoms with E-state index in [4.69, 9.17) is 0 Å². The van der Waals surface area contributed by atoms with Gasteiger partial charge in [0.05, 0.1) is 23.0 Å². The van der Waals surface area contributed by atoms with Crippen molar-refractivity contribution in [3.05, 3.63) is 54.0 Å². The molecule has 9 nitrogen and oxygen atoms in total. The fraction of sp³-hybridized carbons (Fsp3) is 0.176. The molecule has 4 aromatic heterocycles. The average molecular weight is 378 g/mol. The van der Waals surface area contributed by atoms with Gasteiger partial charge in [-0.2, -0.15) is 9.78 Å². The van der Waals surface area contributed by atoms with Crippen LogP contribution in [0, 0.1) is 6.92 Å². The molecule has 1 aliphatic rings. The largest absolute Gasteiger partial charge is 0.340 e. The molecule has 0 radical (unpaired) electrons. The minimum Gasteiger partial charge on any atom is -0.340 e. The van der Waals surface area contributed by atoms with Crippen molar-refractivity contribution in [1.29, 1.82) is 0 Å². The Morgan fingerprint density at radius 2 is 2.22 bits per heavy atom. The van der Waals surface area contributed by atoms with E-state index in [0.717, 1.165) is 16.8 Å². The van der Waals surface area contributed by atoms with Gasteiger partial charge in [-0.1, -0.05) is 6.07 Å². The second-order valence-electron chi connectivity index (χ2n) is 6.08. The SMILES string of the molecule is Cc1nn(-c2ncnc3nc[nH]c23)c2c1[C@@H](c1cccnc1)SCC(=O)N2. The van der Waals surface area contributed by atoms with Gasteiger partial charge in [-0.05, 0) is 18.6 Å². The normalized spacial score (nSPS) is 16.8. The molecule has 0 bridgehead atoms. The Labute approximate surface area is 157 Å². The number of thioether (sulfide) groups is 1. The fourth-order valence-corrected chi connectivity index (χ4v) is 4.42. The van der Waals surface area contributed by atoms with Crippen LogP contribution in [0.3, 0.4) is 0 Å². The van der Waals surface area contributed by atoms with Crippen LogP contribution in [-0.2, 0) is 4.79 Å². The minimum atomic E-state index is -0.0799. The molecule has 4 aromatic rings. The zero-order chi connectivity index (χ0) is 18.4. The molecule has 0 unspecified atom stereocenters. The van der Waals surface area contributed by atoms with Gasteiger partial charge in [-0.3, -0.25) is 9.78 Å². The summed E-state index contributed by atoms with van der Waals surface area (Å²) in [6.45, 7) is 1.93. The smallest absolute Gasteiger partial charge is 0.235 e. The predicted molar refractivity (Wildman–Crippen MR) is 101 cm³/mol. The molecule has 5 heterocycles. The highest BCUT2D eigenvalue weighted by Crippen LogP contribution is 2.43. The van der Waals surface area contributed by atoms with Crippen molar-refractivity contribution >= 4 is 34.7 Å². The van der Waals surface area contributed by atoms with Gasteiger partial charge in [0.1, 0.15) is 17.7 Å². The lowest BCUT2D eigenvalue weighted by Crippen LogP contribution is -2.16. The number of amides is 1.